The highest BCUT2D eigenvalue weighted by Crippen LogP contribution is 2.29. The Morgan fingerprint density at radius 3 is 2.88 bits per heavy atom. The van der Waals surface area contributed by atoms with Gasteiger partial charge in [0.25, 0.3) is 5.69 Å². The van der Waals surface area contributed by atoms with Gasteiger partial charge < -0.3 is 10.0 Å². The number of rotatable bonds is 2. The Hall–Kier alpha value is -1.62. The Bertz CT molecular complexity index is 395. The minimum Gasteiger partial charge on any atom is -0.391 e. The highest BCUT2D eigenvalue weighted by atomic mass is 16.6. The second-order valence-corrected chi connectivity index (χ2v) is 3.99. The van der Waals surface area contributed by atoms with Crippen molar-refractivity contribution >= 4 is 11.4 Å². The third kappa shape index (κ3) is 2.14. The predicted octanol–water partition coefficient (Wildman–Crippen LogP) is 1.56. The smallest absolute Gasteiger partial charge is 0.292 e. The van der Waals surface area contributed by atoms with E-state index in [1.165, 1.54) is 6.07 Å². The Morgan fingerprint density at radius 2 is 2.19 bits per heavy atom. The Morgan fingerprint density at radius 1 is 1.44 bits per heavy atom. The normalized spacial score (nSPS) is 20.8. The highest BCUT2D eigenvalue weighted by molar-refractivity contribution is 5.63. The number of benzene rings is 1. The minimum atomic E-state index is -0.381. The van der Waals surface area contributed by atoms with Gasteiger partial charge in [0.15, 0.2) is 0 Å². The lowest BCUT2D eigenvalue weighted by atomic mass is 10.1. The number of nitrogens with zero attached hydrogens (tertiary/aromatic N) is 2. The molecular weight excluding hydrogens is 208 g/mol. The van der Waals surface area contributed by atoms with Crippen molar-refractivity contribution in [3.63, 3.8) is 0 Å². The van der Waals surface area contributed by atoms with E-state index >= 15 is 0 Å². The van der Waals surface area contributed by atoms with Gasteiger partial charge in [-0.15, -0.1) is 0 Å². The maximum atomic E-state index is 10.9. The molecule has 0 spiro atoms. The summed E-state index contributed by atoms with van der Waals surface area (Å²) in [5.74, 6) is 0. The molecule has 0 unspecified atom stereocenters. The topological polar surface area (TPSA) is 66.6 Å². The first kappa shape index (κ1) is 10.9. The van der Waals surface area contributed by atoms with Crippen LogP contribution in [0.25, 0.3) is 0 Å². The molecule has 1 N–H and O–H groups in total. The molecular formula is C11H14N2O3. The van der Waals surface area contributed by atoms with Crippen molar-refractivity contribution in [2.45, 2.75) is 18.9 Å². The van der Waals surface area contributed by atoms with Gasteiger partial charge in [-0.2, -0.15) is 0 Å². The lowest BCUT2D eigenvalue weighted by Crippen LogP contribution is -2.38. The maximum Gasteiger partial charge on any atom is 0.292 e. The fourth-order valence-corrected chi connectivity index (χ4v) is 2.06. The number of aliphatic hydroxyl groups excluding tert-OH is 1. The van der Waals surface area contributed by atoms with Gasteiger partial charge in [0.05, 0.1) is 11.0 Å². The zero-order valence-corrected chi connectivity index (χ0v) is 8.87. The van der Waals surface area contributed by atoms with Crippen LogP contribution in [0.1, 0.15) is 12.8 Å². The Kier molecular flexibility index (Phi) is 3.05. The molecule has 0 amide bonds. The molecule has 1 saturated heterocycles. The third-order valence-electron chi connectivity index (χ3n) is 2.82. The molecule has 2 rings (SSSR count). The second-order valence-electron chi connectivity index (χ2n) is 3.99. The fraction of sp³-hybridized carbons (Fsp3) is 0.455. The Labute approximate surface area is 93.5 Å². The number of anilines is 1. The van der Waals surface area contributed by atoms with E-state index < -0.39 is 0 Å². The summed E-state index contributed by atoms with van der Waals surface area (Å²) in [5, 5.41) is 20.4. The van der Waals surface area contributed by atoms with E-state index in [4.69, 9.17) is 0 Å². The van der Waals surface area contributed by atoms with Gasteiger partial charge in [-0.05, 0) is 18.9 Å². The lowest BCUT2D eigenvalue weighted by Gasteiger charge is -2.31. The average Bonchev–Trinajstić information content (AvgIpc) is 2.29. The molecule has 1 aliphatic rings. The number of piperidine rings is 1. The van der Waals surface area contributed by atoms with E-state index in [2.05, 4.69) is 0 Å². The standard InChI is InChI=1S/C11H14N2O3/c14-9-4-3-7-12(8-9)10-5-1-2-6-11(10)13(15)16/h1-2,5-6,9,14H,3-4,7-8H2/t9-/m0/s1. The van der Waals surface area contributed by atoms with Gasteiger partial charge in [0, 0.05) is 19.2 Å². The summed E-state index contributed by atoms with van der Waals surface area (Å²) >= 11 is 0. The summed E-state index contributed by atoms with van der Waals surface area (Å²) in [4.78, 5) is 12.4. The number of para-hydroxylation sites is 2. The van der Waals surface area contributed by atoms with Crippen LogP contribution in [0.3, 0.4) is 0 Å². The van der Waals surface area contributed by atoms with Crippen LogP contribution >= 0.6 is 0 Å². The van der Waals surface area contributed by atoms with Gasteiger partial charge in [-0.25, -0.2) is 0 Å². The molecule has 5 nitrogen and oxygen atoms in total. The molecule has 5 heteroatoms. The summed E-state index contributed by atoms with van der Waals surface area (Å²) in [7, 11) is 0. The van der Waals surface area contributed by atoms with Crippen LogP contribution in [-0.4, -0.2) is 29.2 Å². The molecule has 1 fully saturated rings. The van der Waals surface area contributed by atoms with Gasteiger partial charge >= 0.3 is 0 Å². The zero-order chi connectivity index (χ0) is 11.5. The molecule has 1 aromatic rings. The molecule has 16 heavy (non-hydrogen) atoms. The molecule has 1 aliphatic heterocycles. The van der Waals surface area contributed by atoms with Crippen molar-refractivity contribution in [2.24, 2.45) is 0 Å². The summed E-state index contributed by atoms with van der Waals surface area (Å²) in [6, 6.07) is 6.66. The summed E-state index contributed by atoms with van der Waals surface area (Å²) in [6.45, 7) is 1.24. The number of nitro benzene ring substituents is 1. The first-order valence-electron chi connectivity index (χ1n) is 5.35. The first-order chi connectivity index (χ1) is 7.68. The molecule has 86 valence electrons. The van der Waals surface area contributed by atoms with Gasteiger partial charge in [-0.3, -0.25) is 10.1 Å². The van der Waals surface area contributed by atoms with E-state index in [1.54, 1.807) is 18.2 Å². The van der Waals surface area contributed by atoms with Crippen molar-refractivity contribution < 1.29 is 10.0 Å². The molecule has 0 aliphatic carbocycles. The van der Waals surface area contributed by atoms with Gasteiger partial charge in [0.2, 0.25) is 0 Å². The van der Waals surface area contributed by atoms with Crippen molar-refractivity contribution in [1.82, 2.24) is 0 Å². The first-order valence-corrected chi connectivity index (χ1v) is 5.35. The lowest BCUT2D eigenvalue weighted by molar-refractivity contribution is -0.384. The van der Waals surface area contributed by atoms with E-state index in [-0.39, 0.29) is 16.7 Å². The van der Waals surface area contributed by atoms with Crippen LogP contribution in [0, 0.1) is 10.1 Å². The summed E-state index contributed by atoms with van der Waals surface area (Å²) < 4.78 is 0. The molecule has 1 aromatic carbocycles. The predicted molar refractivity (Wildman–Crippen MR) is 60.6 cm³/mol. The van der Waals surface area contributed by atoms with Gasteiger partial charge in [0.1, 0.15) is 5.69 Å². The SMILES string of the molecule is O=[N+]([O-])c1ccccc1N1CCC[C@H](O)C1. The Balaban J connectivity index is 2.28. The van der Waals surface area contributed by atoms with Crippen molar-refractivity contribution in [3.05, 3.63) is 34.4 Å². The van der Waals surface area contributed by atoms with Crippen LogP contribution in [-0.2, 0) is 0 Å². The fourth-order valence-electron chi connectivity index (χ4n) is 2.06. The van der Waals surface area contributed by atoms with Crippen molar-refractivity contribution in [2.75, 3.05) is 18.0 Å². The summed E-state index contributed by atoms with van der Waals surface area (Å²) in [5.41, 5.74) is 0.711. The van der Waals surface area contributed by atoms with Crippen LogP contribution in [0.15, 0.2) is 24.3 Å². The minimum absolute atomic E-state index is 0.108. The monoisotopic (exact) mass is 222 g/mol. The molecule has 0 radical (unpaired) electrons. The summed E-state index contributed by atoms with van der Waals surface area (Å²) in [6.07, 6.45) is 1.26. The number of hydrogen-bond acceptors (Lipinski definition) is 4. The third-order valence-corrected chi connectivity index (χ3v) is 2.82. The largest absolute Gasteiger partial charge is 0.391 e. The number of nitro groups is 1. The zero-order valence-electron chi connectivity index (χ0n) is 8.87. The van der Waals surface area contributed by atoms with Crippen molar-refractivity contribution in [3.8, 4) is 0 Å². The van der Waals surface area contributed by atoms with Crippen LogP contribution in [0.2, 0.25) is 0 Å². The van der Waals surface area contributed by atoms with Crippen molar-refractivity contribution in [1.29, 1.82) is 0 Å². The second kappa shape index (κ2) is 4.49. The molecule has 0 aromatic heterocycles. The van der Waals surface area contributed by atoms with E-state index in [0.29, 0.717) is 12.2 Å². The number of aliphatic hydroxyl groups is 1. The molecule has 1 heterocycles. The molecule has 1 atom stereocenters. The quantitative estimate of drug-likeness (QED) is 0.609. The number of β-amino-alcohol motifs (C(OH)–C–C–N with tert-alkyl or cyclic N) is 1. The van der Waals surface area contributed by atoms with Crippen LogP contribution in [0.5, 0.6) is 0 Å². The maximum absolute atomic E-state index is 10.9. The van der Waals surface area contributed by atoms with Crippen LogP contribution in [0.4, 0.5) is 11.4 Å². The van der Waals surface area contributed by atoms with Gasteiger partial charge in [-0.1, -0.05) is 12.1 Å². The van der Waals surface area contributed by atoms with E-state index in [9.17, 15) is 15.2 Å². The molecule has 0 bridgehead atoms. The van der Waals surface area contributed by atoms with E-state index in [0.717, 1.165) is 19.4 Å². The highest BCUT2D eigenvalue weighted by Gasteiger charge is 2.23. The average molecular weight is 222 g/mol. The van der Waals surface area contributed by atoms with Crippen LogP contribution < -0.4 is 4.90 Å². The number of hydrogen-bond donors (Lipinski definition) is 1. The van der Waals surface area contributed by atoms with E-state index in [1.807, 2.05) is 4.90 Å². The molecule has 0 saturated carbocycles.